The summed E-state index contributed by atoms with van der Waals surface area (Å²) in [4.78, 5) is 17.1. The van der Waals surface area contributed by atoms with Crippen LogP contribution in [-0.2, 0) is 14.3 Å². The van der Waals surface area contributed by atoms with Crippen LogP contribution in [0.3, 0.4) is 0 Å². The van der Waals surface area contributed by atoms with Gasteiger partial charge >= 0.3 is 0 Å². The van der Waals surface area contributed by atoms with E-state index in [1.807, 2.05) is 0 Å². The van der Waals surface area contributed by atoms with Gasteiger partial charge in [-0.25, -0.2) is 4.85 Å². The molecule has 1 saturated heterocycles. The standard InChI is InChI=1S/C26H33NO3/c1-23-16-20(27-3)22(28)25(10-4-5-11-25)21(23)7-6-17-18(23)8-12-24(2)19(17)9-13-26(24)29-14-15-30-26/h7,16-19H,4-6,8-15H2,1-2H3/t17-,18+,19+,23-,24+/m1/s1. The van der Waals surface area contributed by atoms with E-state index < -0.39 is 0 Å². The number of hydrogen-bond acceptors (Lipinski definition) is 3. The molecule has 5 atom stereocenters. The number of ketones is 1. The van der Waals surface area contributed by atoms with Crippen LogP contribution in [0.25, 0.3) is 4.85 Å². The monoisotopic (exact) mass is 407 g/mol. The molecular weight excluding hydrogens is 374 g/mol. The second-order valence-corrected chi connectivity index (χ2v) is 11.2. The molecule has 2 spiro atoms. The van der Waals surface area contributed by atoms with Crippen LogP contribution < -0.4 is 0 Å². The van der Waals surface area contributed by atoms with Gasteiger partial charge in [0.05, 0.1) is 19.8 Å². The first-order valence-corrected chi connectivity index (χ1v) is 12.0. The SMILES string of the molecule is [C-]#[N+]C1=C[C@@]2(C)C(=CC[C@@H]3[C@@H]2CC[C@@]2(C)[C@H]3CCC23OCCO3)C2(CCCC2)C1=O. The molecule has 5 aliphatic carbocycles. The van der Waals surface area contributed by atoms with Crippen LogP contribution in [0.2, 0.25) is 0 Å². The van der Waals surface area contributed by atoms with E-state index in [2.05, 4.69) is 30.8 Å². The zero-order valence-corrected chi connectivity index (χ0v) is 18.3. The second-order valence-electron chi connectivity index (χ2n) is 11.2. The van der Waals surface area contributed by atoms with Crippen molar-refractivity contribution in [2.75, 3.05) is 13.2 Å². The number of carbonyl (C=O) groups excluding carboxylic acids is 1. The summed E-state index contributed by atoms with van der Waals surface area (Å²) in [5.74, 6) is 1.42. The summed E-state index contributed by atoms with van der Waals surface area (Å²) in [5, 5.41) is 0. The summed E-state index contributed by atoms with van der Waals surface area (Å²) >= 11 is 0. The normalized spacial score (nSPS) is 45.5. The Hall–Kier alpha value is -1.44. The molecule has 0 unspecified atom stereocenters. The highest BCUT2D eigenvalue weighted by molar-refractivity contribution is 6.05. The van der Waals surface area contributed by atoms with Gasteiger partial charge in [-0.1, -0.05) is 44.4 Å². The first kappa shape index (κ1) is 19.3. The van der Waals surface area contributed by atoms with E-state index in [1.54, 1.807) is 0 Å². The molecule has 160 valence electrons. The minimum absolute atomic E-state index is 0.0776. The third-order valence-corrected chi connectivity index (χ3v) is 10.4. The van der Waals surface area contributed by atoms with Gasteiger partial charge in [-0.2, -0.15) is 0 Å². The number of nitrogens with zero attached hydrogens (tertiary/aromatic N) is 1. The van der Waals surface area contributed by atoms with Gasteiger partial charge in [0.2, 0.25) is 5.70 Å². The molecular formula is C26H33NO3. The van der Waals surface area contributed by atoms with Crippen LogP contribution in [0.15, 0.2) is 23.4 Å². The Labute approximate surface area is 179 Å². The molecule has 1 heterocycles. The molecule has 6 rings (SSSR count). The number of ether oxygens (including phenoxy) is 2. The van der Waals surface area contributed by atoms with Crippen LogP contribution in [0, 0.1) is 40.6 Å². The van der Waals surface area contributed by atoms with Crippen molar-refractivity contribution in [3.8, 4) is 0 Å². The van der Waals surface area contributed by atoms with Crippen molar-refractivity contribution in [3.63, 3.8) is 0 Å². The highest BCUT2D eigenvalue weighted by Crippen LogP contribution is 2.70. The van der Waals surface area contributed by atoms with E-state index in [4.69, 9.17) is 16.0 Å². The van der Waals surface area contributed by atoms with E-state index in [0.29, 0.717) is 23.5 Å². The van der Waals surface area contributed by atoms with Crippen molar-refractivity contribution < 1.29 is 14.3 Å². The predicted molar refractivity (Wildman–Crippen MR) is 113 cm³/mol. The van der Waals surface area contributed by atoms with E-state index in [1.165, 1.54) is 12.0 Å². The van der Waals surface area contributed by atoms with E-state index in [0.717, 1.165) is 64.6 Å². The Morgan fingerprint density at radius 2 is 1.73 bits per heavy atom. The molecule has 0 aromatic heterocycles. The quantitative estimate of drug-likeness (QED) is 0.396. The van der Waals surface area contributed by atoms with Gasteiger partial charge in [0.15, 0.2) is 11.6 Å². The number of allylic oxidation sites excluding steroid dienone is 4. The van der Waals surface area contributed by atoms with Crippen molar-refractivity contribution in [1.29, 1.82) is 0 Å². The van der Waals surface area contributed by atoms with E-state index in [-0.39, 0.29) is 27.8 Å². The smallest absolute Gasteiger partial charge is 0.227 e. The van der Waals surface area contributed by atoms with Crippen molar-refractivity contribution >= 4 is 5.78 Å². The topological polar surface area (TPSA) is 39.9 Å². The third kappa shape index (κ3) is 2.07. The van der Waals surface area contributed by atoms with Gasteiger partial charge in [0.1, 0.15) is 0 Å². The Morgan fingerprint density at radius 3 is 2.43 bits per heavy atom. The molecule has 4 fully saturated rings. The molecule has 3 saturated carbocycles. The largest absolute Gasteiger partial charge is 0.347 e. The molecule has 0 N–H and O–H groups in total. The summed E-state index contributed by atoms with van der Waals surface area (Å²) in [7, 11) is 0. The zero-order chi connectivity index (χ0) is 20.8. The van der Waals surface area contributed by atoms with Crippen LogP contribution in [-0.4, -0.2) is 24.8 Å². The van der Waals surface area contributed by atoms with Crippen molar-refractivity contribution in [1.82, 2.24) is 0 Å². The molecule has 4 heteroatoms. The molecule has 0 aromatic carbocycles. The molecule has 1 aliphatic heterocycles. The summed E-state index contributed by atoms with van der Waals surface area (Å²) in [6.07, 6.45) is 14.1. The van der Waals surface area contributed by atoms with E-state index >= 15 is 0 Å². The Bertz CT molecular complexity index is 898. The summed E-state index contributed by atoms with van der Waals surface area (Å²) in [6.45, 7) is 13.9. The third-order valence-electron chi connectivity index (χ3n) is 10.4. The minimum Gasteiger partial charge on any atom is -0.347 e. The minimum atomic E-state index is -0.385. The fourth-order valence-corrected chi connectivity index (χ4v) is 9.09. The number of rotatable bonds is 0. The fourth-order valence-electron chi connectivity index (χ4n) is 9.09. The van der Waals surface area contributed by atoms with Crippen molar-refractivity contribution in [2.24, 2.45) is 34.0 Å². The van der Waals surface area contributed by atoms with Crippen LogP contribution in [0.4, 0.5) is 0 Å². The van der Waals surface area contributed by atoms with Crippen molar-refractivity contribution in [2.45, 2.75) is 77.4 Å². The number of Topliss-reactive ketones (excluding diaryl/α,β-unsaturated/α-hetero) is 1. The average Bonchev–Trinajstić information content (AvgIpc) is 3.47. The van der Waals surface area contributed by atoms with Crippen LogP contribution in [0.1, 0.15) is 71.6 Å². The molecule has 0 radical (unpaired) electrons. The summed E-state index contributed by atoms with van der Waals surface area (Å²) in [6, 6.07) is 0. The lowest BCUT2D eigenvalue weighted by atomic mass is 9.45. The molecule has 0 aromatic rings. The lowest BCUT2D eigenvalue weighted by molar-refractivity contribution is -0.241. The highest BCUT2D eigenvalue weighted by Gasteiger charge is 2.67. The molecule has 30 heavy (non-hydrogen) atoms. The maximum absolute atomic E-state index is 13.4. The first-order valence-electron chi connectivity index (χ1n) is 12.0. The molecule has 0 amide bonds. The Morgan fingerprint density at radius 1 is 1.03 bits per heavy atom. The zero-order valence-electron chi connectivity index (χ0n) is 18.3. The molecule has 6 aliphatic rings. The Balaban J connectivity index is 1.44. The lowest BCUT2D eigenvalue weighted by Crippen LogP contribution is -2.56. The number of fused-ring (bicyclic) bond motifs is 7. The van der Waals surface area contributed by atoms with Crippen LogP contribution in [0.5, 0.6) is 0 Å². The Kier molecular flexibility index (Phi) is 3.90. The fraction of sp³-hybridized carbons (Fsp3) is 0.769. The predicted octanol–water partition coefficient (Wildman–Crippen LogP) is 5.45. The highest BCUT2D eigenvalue weighted by atomic mass is 16.7. The maximum Gasteiger partial charge on any atom is 0.227 e. The van der Waals surface area contributed by atoms with Gasteiger partial charge in [0.25, 0.3) is 0 Å². The van der Waals surface area contributed by atoms with Gasteiger partial charge in [0, 0.05) is 22.7 Å². The second kappa shape index (κ2) is 6.08. The van der Waals surface area contributed by atoms with Gasteiger partial charge < -0.3 is 14.3 Å². The molecule has 4 nitrogen and oxygen atoms in total. The lowest BCUT2D eigenvalue weighted by Gasteiger charge is -2.59. The number of hydrogen-bond donors (Lipinski definition) is 0. The van der Waals surface area contributed by atoms with Gasteiger partial charge in [-0.15, -0.1) is 0 Å². The van der Waals surface area contributed by atoms with E-state index in [9.17, 15) is 4.79 Å². The van der Waals surface area contributed by atoms with Gasteiger partial charge in [-0.3, -0.25) is 0 Å². The number of carbonyl (C=O) groups is 1. The summed E-state index contributed by atoms with van der Waals surface area (Å²) < 4.78 is 12.6. The van der Waals surface area contributed by atoms with Crippen molar-refractivity contribution in [3.05, 3.63) is 34.8 Å². The average molecular weight is 408 g/mol. The molecule has 0 bridgehead atoms. The van der Waals surface area contributed by atoms with Crippen LogP contribution >= 0.6 is 0 Å². The summed E-state index contributed by atoms with van der Waals surface area (Å²) in [5.41, 5.74) is 1.32. The maximum atomic E-state index is 13.4. The first-order chi connectivity index (χ1) is 14.4. The van der Waals surface area contributed by atoms with Gasteiger partial charge in [-0.05, 0) is 56.3 Å².